The Morgan fingerprint density at radius 1 is 1.38 bits per heavy atom. The molecular formula is C10H23NO2. The van der Waals surface area contributed by atoms with Gasteiger partial charge < -0.3 is 10.1 Å². The van der Waals surface area contributed by atoms with Gasteiger partial charge in [0.25, 0.3) is 0 Å². The topological polar surface area (TPSA) is 38.3 Å². The van der Waals surface area contributed by atoms with Gasteiger partial charge in [0.05, 0.1) is 12.6 Å². The lowest BCUT2D eigenvalue weighted by molar-refractivity contribution is -0.120. The zero-order valence-electron chi connectivity index (χ0n) is 9.68. The number of amides is 1. The van der Waals surface area contributed by atoms with Crippen molar-refractivity contribution in [3.63, 3.8) is 0 Å². The number of hydrogen-bond donors (Lipinski definition) is 1. The second-order valence-corrected chi connectivity index (χ2v) is 3.01. The monoisotopic (exact) mass is 189 g/mol. The number of carbonyl (C=O) groups excluding carboxylic acids is 1. The first-order chi connectivity index (χ1) is 6.07. The molecule has 0 radical (unpaired) electrons. The molecule has 0 spiro atoms. The fraction of sp³-hybridized carbons (Fsp3) is 0.900. The molecule has 0 rings (SSSR count). The van der Waals surface area contributed by atoms with Crippen LogP contribution in [0.25, 0.3) is 0 Å². The Bertz CT molecular complexity index is 124. The fourth-order valence-electron chi connectivity index (χ4n) is 0.841. The van der Waals surface area contributed by atoms with Crippen molar-refractivity contribution in [3.8, 4) is 0 Å². The molecule has 0 aliphatic heterocycles. The van der Waals surface area contributed by atoms with E-state index in [9.17, 15) is 4.79 Å². The van der Waals surface area contributed by atoms with Crippen LogP contribution in [0, 0.1) is 5.92 Å². The number of methoxy groups -OCH3 is 1. The lowest BCUT2D eigenvalue weighted by atomic mass is 10.1. The maximum Gasteiger partial charge on any atom is 0.217 e. The Hall–Kier alpha value is -0.570. The van der Waals surface area contributed by atoms with Crippen LogP contribution in [0.1, 0.15) is 34.6 Å². The van der Waals surface area contributed by atoms with Crippen molar-refractivity contribution in [1.29, 1.82) is 0 Å². The molecule has 1 N–H and O–H groups in total. The lowest BCUT2D eigenvalue weighted by Crippen LogP contribution is -2.40. The van der Waals surface area contributed by atoms with Crippen LogP contribution in [0.4, 0.5) is 0 Å². The SMILES string of the molecule is CC.COCC(NC(C)=O)C(C)C. The largest absolute Gasteiger partial charge is 0.383 e. The number of rotatable bonds is 4. The summed E-state index contributed by atoms with van der Waals surface area (Å²) in [5, 5.41) is 2.82. The van der Waals surface area contributed by atoms with E-state index in [4.69, 9.17) is 4.74 Å². The highest BCUT2D eigenvalue weighted by Gasteiger charge is 2.12. The zero-order valence-corrected chi connectivity index (χ0v) is 9.68. The minimum absolute atomic E-state index is 0.000694. The van der Waals surface area contributed by atoms with Crippen LogP contribution >= 0.6 is 0 Å². The van der Waals surface area contributed by atoms with Gasteiger partial charge in [-0.05, 0) is 5.92 Å². The Labute approximate surface area is 81.9 Å². The normalized spacial score (nSPS) is 11.6. The number of ether oxygens (including phenoxy) is 1. The van der Waals surface area contributed by atoms with E-state index >= 15 is 0 Å². The summed E-state index contributed by atoms with van der Waals surface area (Å²) in [6.07, 6.45) is 0. The lowest BCUT2D eigenvalue weighted by Gasteiger charge is -2.20. The average molecular weight is 189 g/mol. The maximum absolute atomic E-state index is 10.7. The van der Waals surface area contributed by atoms with Crippen molar-refractivity contribution in [2.45, 2.75) is 40.7 Å². The van der Waals surface area contributed by atoms with Crippen LogP contribution in [-0.4, -0.2) is 25.7 Å². The highest BCUT2D eigenvalue weighted by Crippen LogP contribution is 2.00. The van der Waals surface area contributed by atoms with E-state index in [0.29, 0.717) is 12.5 Å². The van der Waals surface area contributed by atoms with Crippen LogP contribution in [0.3, 0.4) is 0 Å². The van der Waals surface area contributed by atoms with Gasteiger partial charge in [0, 0.05) is 14.0 Å². The minimum atomic E-state index is 0.000694. The summed E-state index contributed by atoms with van der Waals surface area (Å²) < 4.78 is 4.95. The van der Waals surface area contributed by atoms with E-state index in [1.807, 2.05) is 13.8 Å². The van der Waals surface area contributed by atoms with Crippen molar-refractivity contribution < 1.29 is 9.53 Å². The quantitative estimate of drug-likeness (QED) is 0.732. The van der Waals surface area contributed by atoms with Crippen molar-refractivity contribution in [3.05, 3.63) is 0 Å². The Kier molecular flexibility index (Phi) is 10.9. The molecule has 0 aliphatic rings. The summed E-state index contributed by atoms with van der Waals surface area (Å²) >= 11 is 0. The Balaban J connectivity index is 0. The smallest absolute Gasteiger partial charge is 0.217 e. The second kappa shape index (κ2) is 9.52. The fourth-order valence-corrected chi connectivity index (χ4v) is 0.841. The van der Waals surface area contributed by atoms with Crippen molar-refractivity contribution in [2.24, 2.45) is 5.92 Å². The standard InChI is InChI=1S/C8H17NO2.C2H6/c1-6(2)8(5-11-4)9-7(3)10;1-2/h6,8H,5H2,1-4H3,(H,9,10);1-2H3. The highest BCUT2D eigenvalue weighted by atomic mass is 16.5. The second-order valence-electron chi connectivity index (χ2n) is 3.01. The number of carbonyl (C=O) groups is 1. The first kappa shape index (κ1) is 14.9. The van der Waals surface area contributed by atoms with Crippen LogP contribution in [0.5, 0.6) is 0 Å². The third kappa shape index (κ3) is 9.34. The minimum Gasteiger partial charge on any atom is -0.383 e. The molecule has 3 heteroatoms. The third-order valence-corrected chi connectivity index (χ3v) is 1.54. The van der Waals surface area contributed by atoms with Crippen LogP contribution in [0.2, 0.25) is 0 Å². The summed E-state index contributed by atoms with van der Waals surface area (Å²) in [4.78, 5) is 10.7. The van der Waals surface area contributed by atoms with Crippen molar-refractivity contribution >= 4 is 5.91 Å². The Morgan fingerprint density at radius 3 is 2.08 bits per heavy atom. The predicted molar refractivity (Wildman–Crippen MR) is 55.7 cm³/mol. The molecule has 1 amide bonds. The first-order valence-corrected chi connectivity index (χ1v) is 4.84. The van der Waals surface area contributed by atoms with Gasteiger partial charge in [-0.25, -0.2) is 0 Å². The van der Waals surface area contributed by atoms with Crippen LogP contribution in [-0.2, 0) is 9.53 Å². The molecule has 0 fully saturated rings. The molecule has 13 heavy (non-hydrogen) atoms. The van der Waals surface area contributed by atoms with E-state index in [2.05, 4.69) is 19.2 Å². The molecule has 0 heterocycles. The molecule has 0 saturated carbocycles. The summed E-state index contributed by atoms with van der Waals surface area (Å²) in [6, 6.07) is 0.137. The molecule has 3 nitrogen and oxygen atoms in total. The maximum atomic E-state index is 10.7. The molecule has 0 bridgehead atoms. The van der Waals surface area contributed by atoms with Gasteiger partial charge in [-0.1, -0.05) is 27.7 Å². The molecule has 1 unspecified atom stereocenters. The molecule has 0 saturated heterocycles. The molecule has 80 valence electrons. The van der Waals surface area contributed by atoms with Gasteiger partial charge in [-0.3, -0.25) is 4.79 Å². The predicted octanol–water partition coefficient (Wildman–Crippen LogP) is 1.82. The third-order valence-electron chi connectivity index (χ3n) is 1.54. The van der Waals surface area contributed by atoms with Crippen molar-refractivity contribution in [1.82, 2.24) is 5.32 Å². The van der Waals surface area contributed by atoms with Crippen LogP contribution < -0.4 is 5.32 Å². The van der Waals surface area contributed by atoms with Gasteiger partial charge >= 0.3 is 0 Å². The van der Waals surface area contributed by atoms with Gasteiger partial charge in [-0.15, -0.1) is 0 Å². The van der Waals surface area contributed by atoms with E-state index in [0.717, 1.165) is 0 Å². The Morgan fingerprint density at radius 2 is 1.85 bits per heavy atom. The average Bonchev–Trinajstić information content (AvgIpc) is 2.06. The molecule has 0 aromatic rings. The molecular weight excluding hydrogens is 166 g/mol. The van der Waals surface area contributed by atoms with Crippen molar-refractivity contribution in [2.75, 3.05) is 13.7 Å². The number of nitrogens with one attached hydrogen (secondary N) is 1. The van der Waals surface area contributed by atoms with Gasteiger partial charge in [0.2, 0.25) is 5.91 Å². The summed E-state index contributed by atoms with van der Waals surface area (Å²) in [5.74, 6) is 0.416. The van der Waals surface area contributed by atoms with Gasteiger partial charge in [0.15, 0.2) is 0 Å². The first-order valence-electron chi connectivity index (χ1n) is 4.84. The number of hydrogen-bond acceptors (Lipinski definition) is 2. The van der Waals surface area contributed by atoms with E-state index < -0.39 is 0 Å². The van der Waals surface area contributed by atoms with Crippen LogP contribution in [0.15, 0.2) is 0 Å². The molecule has 1 atom stereocenters. The summed E-state index contributed by atoms with van der Waals surface area (Å²) in [7, 11) is 1.64. The van der Waals surface area contributed by atoms with E-state index in [1.54, 1.807) is 7.11 Å². The molecule has 0 aromatic heterocycles. The van der Waals surface area contributed by atoms with E-state index in [-0.39, 0.29) is 11.9 Å². The summed E-state index contributed by atoms with van der Waals surface area (Å²) in [6.45, 7) is 10.2. The highest BCUT2D eigenvalue weighted by molar-refractivity contribution is 5.73. The molecule has 0 aliphatic carbocycles. The van der Waals surface area contributed by atoms with E-state index in [1.165, 1.54) is 6.92 Å². The molecule has 0 aromatic carbocycles. The zero-order chi connectivity index (χ0) is 10.9. The van der Waals surface area contributed by atoms with Gasteiger partial charge in [-0.2, -0.15) is 0 Å². The van der Waals surface area contributed by atoms with Gasteiger partial charge in [0.1, 0.15) is 0 Å². The summed E-state index contributed by atoms with van der Waals surface area (Å²) in [5.41, 5.74) is 0.